The summed E-state index contributed by atoms with van der Waals surface area (Å²) >= 11 is 0. The molecular weight excluding hydrogens is 352 g/mol. The number of nitrogens with two attached hydrogens (primary N) is 1. The number of piperazine rings is 1. The highest BCUT2D eigenvalue weighted by Crippen LogP contribution is 2.19. The Kier molecular flexibility index (Phi) is 6.19. The van der Waals surface area contributed by atoms with E-state index in [1.54, 1.807) is 11.0 Å². The molecule has 1 aliphatic rings. The first-order valence-corrected chi connectivity index (χ1v) is 9.82. The molecule has 3 rings (SSSR count). The van der Waals surface area contributed by atoms with Gasteiger partial charge in [0.25, 0.3) is 0 Å². The van der Waals surface area contributed by atoms with Crippen LogP contribution in [0.1, 0.15) is 26.3 Å². The van der Waals surface area contributed by atoms with Crippen LogP contribution in [0.25, 0.3) is 11.3 Å². The zero-order valence-electron chi connectivity index (χ0n) is 17.0. The van der Waals surface area contributed by atoms with Crippen molar-refractivity contribution in [2.45, 2.75) is 32.8 Å². The summed E-state index contributed by atoms with van der Waals surface area (Å²) in [6.45, 7) is 9.87. The molecule has 150 valence electrons. The standard InChI is InChI=1S/C22H30N4O2/c1-22(2,3)28-21(27)26-15-13-25(14-16-26)12-11-17-7-9-18(10-8-17)19-5-4-6-20(23)24-19/h4-10H,11-16H2,1-3H3,(H2,23,24). The largest absolute Gasteiger partial charge is 0.444 e. The third-order valence-electron chi connectivity index (χ3n) is 4.76. The maximum atomic E-state index is 12.1. The number of aromatic nitrogens is 1. The number of anilines is 1. The van der Waals surface area contributed by atoms with Crippen LogP contribution in [-0.2, 0) is 11.2 Å². The summed E-state index contributed by atoms with van der Waals surface area (Å²) < 4.78 is 5.45. The second-order valence-electron chi connectivity index (χ2n) is 8.20. The molecule has 1 aromatic heterocycles. The van der Waals surface area contributed by atoms with Crippen LogP contribution in [0.5, 0.6) is 0 Å². The first kappa shape index (κ1) is 20.1. The summed E-state index contributed by atoms with van der Waals surface area (Å²) in [6, 6.07) is 14.2. The molecule has 0 saturated carbocycles. The fraction of sp³-hybridized carbons (Fsp3) is 0.455. The van der Waals surface area contributed by atoms with E-state index >= 15 is 0 Å². The molecule has 28 heavy (non-hydrogen) atoms. The molecule has 0 unspecified atom stereocenters. The Morgan fingerprint density at radius 1 is 1.07 bits per heavy atom. The van der Waals surface area contributed by atoms with Gasteiger partial charge < -0.3 is 15.4 Å². The molecule has 0 spiro atoms. The van der Waals surface area contributed by atoms with Gasteiger partial charge in [-0.2, -0.15) is 0 Å². The average molecular weight is 383 g/mol. The van der Waals surface area contributed by atoms with Gasteiger partial charge in [0.2, 0.25) is 0 Å². The van der Waals surface area contributed by atoms with Gasteiger partial charge >= 0.3 is 6.09 Å². The summed E-state index contributed by atoms with van der Waals surface area (Å²) in [4.78, 5) is 20.7. The van der Waals surface area contributed by atoms with E-state index in [-0.39, 0.29) is 6.09 Å². The Bertz CT molecular complexity index is 791. The number of benzene rings is 1. The third-order valence-corrected chi connectivity index (χ3v) is 4.76. The molecule has 1 saturated heterocycles. The van der Waals surface area contributed by atoms with E-state index in [1.165, 1.54) is 5.56 Å². The summed E-state index contributed by atoms with van der Waals surface area (Å²) in [5, 5.41) is 0. The lowest BCUT2D eigenvalue weighted by Gasteiger charge is -2.35. The molecule has 2 N–H and O–H groups in total. The molecule has 0 aliphatic carbocycles. The van der Waals surface area contributed by atoms with E-state index in [0.717, 1.165) is 50.4 Å². The molecule has 2 heterocycles. The number of ether oxygens (including phenoxy) is 1. The van der Waals surface area contributed by atoms with Gasteiger partial charge in [-0.05, 0) is 44.9 Å². The number of nitrogens with zero attached hydrogens (tertiary/aromatic N) is 3. The molecule has 1 aliphatic heterocycles. The van der Waals surface area contributed by atoms with Crippen LogP contribution in [0.15, 0.2) is 42.5 Å². The van der Waals surface area contributed by atoms with Gasteiger partial charge in [-0.1, -0.05) is 30.3 Å². The Morgan fingerprint density at radius 2 is 1.75 bits per heavy atom. The number of hydrogen-bond acceptors (Lipinski definition) is 5. The van der Waals surface area contributed by atoms with E-state index in [4.69, 9.17) is 10.5 Å². The van der Waals surface area contributed by atoms with Gasteiger partial charge in [-0.3, -0.25) is 4.90 Å². The summed E-state index contributed by atoms with van der Waals surface area (Å²) in [5.41, 5.74) is 8.58. The number of nitrogen functional groups attached to an aromatic ring is 1. The topological polar surface area (TPSA) is 71.7 Å². The molecule has 1 amide bonds. The zero-order valence-corrected chi connectivity index (χ0v) is 17.0. The van der Waals surface area contributed by atoms with Gasteiger partial charge in [0, 0.05) is 38.3 Å². The highest BCUT2D eigenvalue weighted by molar-refractivity contribution is 5.68. The van der Waals surface area contributed by atoms with Crippen molar-refractivity contribution in [2.75, 3.05) is 38.5 Å². The second kappa shape index (κ2) is 8.61. The predicted molar refractivity (Wildman–Crippen MR) is 112 cm³/mol. The molecule has 0 atom stereocenters. The van der Waals surface area contributed by atoms with Crippen molar-refractivity contribution in [1.29, 1.82) is 0 Å². The Labute approximate surface area is 167 Å². The van der Waals surface area contributed by atoms with Crippen molar-refractivity contribution in [3.8, 4) is 11.3 Å². The predicted octanol–water partition coefficient (Wildman–Crippen LogP) is 3.43. The van der Waals surface area contributed by atoms with Crippen molar-refractivity contribution >= 4 is 11.9 Å². The first-order chi connectivity index (χ1) is 13.3. The van der Waals surface area contributed by atoms with Crippen LogP contribution in [0.3, 0.4) is 0 Å². The maximum Gasteiger partial charge on any atom is 0.410 e. The minimum absolute atomic E-state index is 0.210. The van der Waals surface area contributed by atoms with Crippen LogP contribution >= 0.6 is 0 Å². The lowest BCUT2D eigenvalue weighted by molar-refractivity contribution is 0.0146. The molecule has 6 nitrogen and oxygen atoms in total. The van der Waals surface area contributed by atoms with Crippen molar-refractivity contribution in [1.82, 2.24) is 14.8 Å². The minimum atomic E-state index is -0.443. The lowest BCUT2D eigenvalue weighted by Crippen LogP contribution is -2.50. The van der Waals surface area contributed by atoms with Crippen LogP contribution in [0, 0.1) is 0 Å². The van der Waals surface area contributed by atoms with Gasteiger partial charge in [0.1, 0.15) is 11.4 Å². The fourth-order valence-electron chi connectivity index (χ4n) is 3.22. The monoisotopic (exact) mass is 382 g/mol. The van der Waals surface area contributed by atoms with Crippen molar-refractivity contribution < 1.29 is 9.53 Å². The van der Waals surface area contributed by atoms with E-state index in [1.807, 2.05) is 32.9 Å². The minimum Gasteiger partial charge on any atom is -0.444 e. The SMILES string of the molecule is CC(C)(C)OC(=O)N1CCN(CCc2ccc(-c3cccc(N)n3)cc2)CC1. The molecule has 2 aromatic rings. The zero-order chi connectivity index (χ0) is 20.1. The molecule has 0 radical (unpaired) electrons. The van der Waals surface area contributed by atoms with E-state index in [2.05, 4.69) is 34.1 Å². The Hall–Kier alpha value is -2.60. The van der Waals surface area contributed by atoms with Crippen LogP contribution < -0.4 is 5.73 Å². The number of amides is 1. The number of carbonyl (C=O) groups is 1. The number of rotatable bonds is 4. The second-order valence-corrected chi connectivity index (χ2v) is 8.20. The van der Waals surface area contributed by atoms with Gasteiger partial charge in [0.15, 0.2) is 0 Å². The smallest absolute Gasteiger partial charge is 0.410 e. The maximum absolute atomic E-state index is 12.1. The lowest BCUT2D eigenvalue weighted by atomic mass is 10.1. The number of hydrogen-bond donors (Lipinski definition) is 1. The molecular formula is C22H30N4O2. The van der Waals surface area contributed by atoms with Gasteiger partial charge in [-0.15, -0.1) is 0 Å². The molecule has 0 bridgehead atoms. The highest BCUT2D eigenvalue weighted by Gasteiger charge is 2.25. The van der Waals surface area contributed by atoms with E-state index in [0.29, 0.717) is 5.82 Å². The summed E-state index contributed by atoms with van der Waals surface area (Å²) in [6.07, 6.45) is 0.773. The first-order valence-electron chi connectivity index (χ1n) is 9.82. The quantitative estimate of drug-likeness (QED) is 0.877. The van der Waals surface area contributed by atoms with Crippen LogP contribution in [0.4, 0.5) is 10.6 Å². The Balaban J connectivity index is 1.46. The van der Waals surface area contributed by atoms with Crippen molar-refractivity contribution in [3.05, 3.63) is 48.0 Å². The van der Waals surface area contributed by atoms with Gasteiger partial charge in [0.05, 0.1) is 5.69 Å². The average Bonchev–Trinajstić information content (AvgIpc) is 2.66. The molecule has 6 heteroatoms. The number of pyridine rings is 1. The van der Waals surface area contributed by atoms with Crippen LogP contribution in [-0.4, -0.2) is 59.2 Å². The Morgan fingerprint density at radius 3 is 2.36 bits per heavy atom. The fourth-order valence-corrected chi connectivity index (χ4v) is 3.22. The highest BCUT2D eigenvalue weighted by atomic mass is 16.6. The normalized spacial score (nSPS) is 15.5. The third kappa shape index (κ3) is 5.70. The van der Waals surface area contributed by atoms with E-state index < -0.39 is 5.60 Å². The summed E-state index contributed by atoms with van der Waals surface area (Å²) in [5.74, 6) is 0.534. The number of carbonyl (C=O) groups excluding carboxylic acids is 1. The molecule has 1 fully saturated rings. The van der Waals surface area contributed by atoms with Crippen molar-refractivity contribution in [3.63, 3.8) is 0 Å². The summed E-state index contributed by atoms with van der Waals surface area (Å²) in [7, 11) is 0. The van der Waals surface area contributed by atoms with Crippen LogP contribution in [0.2, 0.25) is 0 Å². The van der Waals surface area contributed by atoms with E-state index in [9.17, 15) is 4.79 Å². The van der Waals surface area contributed by atoms with Crippen molar-refractivity contribution in [2.24, 2.45) is 0 Å². The molecule has 1 aromatic carbocycles. The van der Waals surface area contributed by atoms with Gasteiger partial charge in [-0.25, -0.2) is 9.78 Å².